The number of carbonyl (C=O) groups excluding carboxylic acids is 2. The van der Waals surface area contributed by atoms with Crippen LogP contribution in [0.25, 0.3) is 0 Å². The van der Waals surface area contributed by atoms with E-state index in [1.54, 1.807) is 43.5 Å². The lowest BCUT2D eigenvalue weighted by atomic mass is 9.65. The number of hydrazone groups is 1. The number of ether oxygens (including phenoxy) is 10. The summed E-state index contributed by atoms with van der Waals surface area (Å²) in [4.78, 5) is 38.9. The van der Waals surface area contributed by atoms with E-state index in [0.29, 0.717) is 86.1 Å². The molecule has 0 radical (unpaired) electrons. The number of aliphatic hydroxyl groups is 3. The number of methoxy groups -OCH3 is 5. The maximum Gasteiger partial charge on any atom is 0.310 e. The highest BCUT2D eigenvalue weighted by atomic mass is 35.5. The van der Waals surface area contributed by atoms with Crippen molar-refractivity contribution in [1.29, 1.82) is 0 Å². The Kier molecular flexibility index (Phi) is 16.8. The van der Waals surface area contributed by atoms with Gasteiger partial charge in [-0.05, 0) is 113 Å². The number of benzene rings is 6. The number of halogens is 1. The number of carboxylic acid groups (broad SMARTS) is 1. The number of carboxylic acids is 1. The van der Waals surface area contributed by atoms with Gasteiger partial charge in [0.25, 0.3) is 0 Å². The number of aliphatic carboxylic acids is 1. The molecule has 0 aromatic heterocycles. The minimum atomic E-state index is -0.946. The number of esters is 1. The molecule has 0 saturated carbocycles. The van der Waals surface area contributed by atoms with Crippen LogP contribution in [0, 0.1) is 23.7 Å². The lowest BCUT2D eigenvalue weighted by Crippen LogP contribution is -2.41. The van der Waals surface area contributed by atoms with Crippen LogP contribution in [0.3, 0.4) is 0 Å². The molecule has 22 heteroatoms. The maximum atomic E-state index is 13.2. The average molecular weight is 1120 g/mol. The number of fused-ring (bicyclic) bond motifs is 7. The van der Waals surface area contributed by atoms with Crippen molar-refractivity contribution >= 4 is 47.2 Å². The Morgan fingerprint density at radius 3 is 1.69 bits per heavy atom. The van der Waals surface area contributed by atoms with Gasteiger partial charge in [-0.25, -0.2) is 0 Å². The molecule has 6 atom stereocenters. The first-order valence-electron chi connectivity index (χ1n) is 25.1. The van der Waals surface area contributed by atoms with Crippen molar-refractivity contribution in [2.24, 2.45) is 34.6 Å². The van der Waals surface area contributed by atoms with Crippen LogP contribution in [0.1, 0.15) is 66.7 Å². The molecule has 1 fully saturated rings. The quantitative estimate of drug-likeness (QED) is 0.0406. The summed E-state index contributed by atoms with van der Waals surface area (Å²) in [5.41, 5.74) is 10.9. The molecule has 0 bridgehead atoms. The standard InChI is InChI=1S/C29H28N2O8.C22H20O8.C7H10N2O.ClH/c1-35-18-6-4-17(5-7-18)31-12-21-26(29(33)34)25(15-8-16(13-32)28(37-3)24(9-15)36-2)19-10-22-23(39-14-38-22)11-20(19)27(21)30-31;1-26-17-4-10(3-11(7-23)21(17)27-2)18-12-5-15-16(30-9-29-15)6-13(12)20(24)14-8-28-22(25)19(14)18;8-9-7-3-1-6(5-10)2-4-7;/h4-11,21,25-26,32H,12-14H2,1-3H3,(H,33,34);3-6,14,18-19,23H,7-9H2,1-2H3;1-4,9-10H,5,8H2;1H/t21-,25+,26-;14-,18+,19-;;/m00../s1. The molecule has 0 spiro atoms. The summed E-state index contributed by atoms with van der Waals surface area (Å²) in [7, 11) is 7.62. The van der Waals surface area contributed by atoms with Crippen LogP contribution >= 0.6 is 12.4 Å². The molecule has 1 saturated heterocycles. The fraction of sp³-hybridized carbons (Fsp3) is 0.310. The van der Waals surface area contributed by atoms with Crippen molar-refractivity contribution in [1.82, 2.24) is 0 Å². The highest BCUT2D eigenvalue weighted by Gasteiger charge is 2.53. The number of Topliss-reactive ketones (excluding diaryl/α,β-unsaturated/α-hetero) is 1. The lowest BCUT2D eigenvalue weighted by Gasteiger charge is -2.36. The van der Waals surface area contributed by atoms with E-state index >= 15 is 0 Å². The van der Waals surface area contributed by atoms with Crippen molar-refractivity contribution in [3.05, 3.63) is 147 Å². The molecule has 4 aliphatic heterocycles. The third kappa shape index (κ3) is 10.2. The molecule has 7 N–H and O–H groups in total. The molecule has 420 valence electrons. The van der Waals surface area contributed by atoms with Crippen LogP contribution in [-0.2, 0) is 34.1 Å². The van der Waals surface area contributed by atoms with Gasteiger partial charge < -0.3 is 73.2 Å². The van der Waals surface area contributed by atoms with E-state index in [2.05, 4.69) is 5.43 Å². The Balaban J connectivity index is 0.000000167. The van der Waals surface area contributed by atoms with Crippen molar-refractivity contribution in [3.63, 3.8) is 0 Å². The lowest BCUT2D eigenvalue weighted by molar-refractivity contribution is -0.143. The molecule has 6 aliphatic rings. The molecule has 6 aromatic rings. The Hall–Kier alpha value is -8.47. The van der Waals surface area contributed by atoms with Gasteiger partial charge in [0.1, 0.15) is 12.4 Å². The fourth-order valence-electron chi connectivity index (χ4n) is 11.3. The molecule has 2 aliphatic carbocycles. The fourth-order valence-corrected chi connectivity index (χ4v) is 11.3. The van der Waals surface area contributed by atoms with E-state index in [9.17, 15) is 29.7 Å². The SMILES string of the molecule is COc1cc([C@@H]2c3cc4c(cc3C(=O)[C@H]3COC(=O)[C@H]23)OCO4)cc(CO)c1OC.COc1ccc(N2C[C@@H]3C(=N2)c2cc4c(cc2[C@@H](c2cc(CO)c(OC)c(OC)c2)[C@H]3C(=O)O)OCO4)cc1.Cl.NNc1ccc(CO)cc1. The Morgan fingerprint density at radius 2 is 1.19 bits per heavy atom. The number of anilines is 2. The molecule has 0 amide bonds. The molecular formula is C58H59ClN4O17. The van der Waals surface area contributed by atoms with Gasteiger partial charge in [0.2, 0.25) is 13.6 Å². The predicted molar refractivity (Wildman–Crippen MR) is 291 cm³/mol. The summed E-state index contributed by atoms with van der Waals surface area (Å²) < 4.78 is 54.8. The zero-order chi connectivity index (χ0) is 55.6. The van der Waals surface area contributed by atoms with Gasteiger partial charge in [0.05, 0.1) is 91.1 Å². The number of aliphatic hydroxyl groups excluding tert-OH is 3. The van der Waals surface area contributed by atoms with Crippen LogP contribution < -0.4 is 58.9 Å². The highest BCUT2D eigenvalue weighted by Crippen LogP contribution is 2.54. The zero-order valence-corrected chi connectivity index (χ0v) is 44.9. The number of hydrogen-bond donors (Lipinski definition) is 6. The summed E-state index contributed by atoms with van der Waals surface area (Å²) in [5.74, 6) is 4.61. The average Bonchev–Trinajstić information content (AvgIpc) is 4.48. The van der Waals surface area contributed by atoms with Crippen molar-refractivity contribution in [2.75, 3.05) is 72.7 Å². The first-order chi connectivity index (χ1) is 38.4. The van der Waals surface area contributed by atoms with E-state index in [0.717, 1.165) is 39.4 Å². The van der Waals surface area contributed by atoms with Crippen molar-refractivity contribution < 1.29 is 82.2 Å². The number of hydrogen-bond acceptors (Lipinski definition) is 20. The van der Waals surface area contributed by atoms with E-state index in [1.807, 2.05) is 65.7 Å². The molecule has 0 unspecified atom stereocenters. The second-order valence-electron chi connectivity index (χ2n) is 19.0. The summed E-state index contributed by atoms with van der Waals surface area (Å²) in [5, 5.41) is 46.1. The molecule has 80 heavy (non-hydrogen) atoms. The number of rotatable bonds is 13. The Labute approximate surface area is 465 Å². The number of ketones is 1. The van der Waals surface area contributed by atoms with E-state index in [4.69, 9.17) is 63.4 Å². The normalized spacial score (nSPS) is 20.1. The van der Waals surface area contributed by atoms with Crippen LogP contribution in [0.5, 0.6) is 51.7 Å². The first kappa shape index (κ1) is 56.3. The summed E-state index contributed by atoms with van der Waals surface area (Å²) in [6, 6.07) is 29.0. The summed E-state index contributed by atoms with van der Waals surface area (Å²) >= 11 is 0. The van der Waals surface area contributed by atoms with Gasteiger partial charge in [-0.15, -0.1) is 12.4 Å². The van der Waals surface area contributed by atoms with Gasteiger partial charge in [-0.3, -0.25) is 25.2 Å². The smallest absolute Gasteiger partial charge is 0.310 e. The summed E-state index contributed by atoms with van der Waals surface area (Å²) in [6.45, 7) is 0.0980. The van der Waals surface area contributed by atoms with Gasteiger partial charge in [-0.1, -0.05) is 12.1 Å². The Morgan fingerprint density at radius 1 is 0.650 bits per heavy atom. The van der Waals surface area contributed by atoms with Crippen molar-refractivity contribution in [2.45, 2.75) is 31.7 Å². The van der Waals surface area contributed by atoms with Gasteiger partial charge >= 0.3 is 11.9 Å². The number of hydrazine groups is 1. The number of nitrogens with one attached hydrogen (secondary N) is 1. The number of carbonyl (C=O) groups is 3. The van der Waals surface area contributed by atoms with Crippen LogP contribution in [-0.4, -0.2) is 106 Å². The first-order valence-corrected chi connectivity index (χ1v) is 25.1. The second-order valence-corrected chi connectivity index (χ2v) is 19.0. The van der Waals surface area contributed by atoms with Crippen LogP contribution in [0.2, 0.25) is 0 Å². The highest BCUT2D eigenvalue weighted by molar-refractivity contribution is 6.10. The Bertz CT molecular complexity index is 3270. The summed E-state index contributed by atoms with van der Waals surface area (Å²) in [6.07, 6.45) is 0. The van der Waals surface area contributed by atoms with Gasteiger partial charge in [0, 0.05) is 45.7 Å². The maximum absolute atomic E-state index is 13.2. The zero-order valence-electron chi connectivity index (χ0n) is 44.1. The number of nitrogens with zero attached hydrogens (tertiary/aromatic N) is 2. The third-order valence-electron chi connectivity index (χ3n) is 15.0. The van der Waals surface area contributed by atoms with E-state index in [1.165, 1.54) is 28.4 Å². The van der Waals surface area contributed by atoms with Crippen LogP contribution in [0.15, 0.2) is 102 Å². The number of nitrogen functional groups attached to an aromatic ring is 1. The minimum Gasteiger partial charge on any atom is -0.497 e. The van der Waals surface area contributed by atoms with Gasteiger partial charge in [0.15, 0.2) is 51.8 Å². The predicted octanol–water partition coefficient (Wildman–Crippen LogP) is 6.55. The number of nitrogens with two attached hydrogens (primary N) is 1. The van der Waals surface area contributed by atoms with Crippen molar-refractivity contribution in [3.8, 4) is 51.7 Å². The topological polar surface area (TPSA) is 278 Å². The largest absolute Gasteiger partial charge is 0.497 e. The monoisotopic (exact) mass is 1120 g/mol. The molecule has 6 aromatic carbocycles. The minimum absolute atomic E-state index is 0. The van der Waals surface area contributed by atoms with Gasteiger partial charge in [-0.2, -0.15) is 5.10 Å². The molecular weight excluding hydrogens is 1060 g/mol. The third-order valence-corrected chi connectivity index (χ3v) is 15.0. The molecule has 12 rings (SSSR count). The molecule has 21 nitrogen and oxygen atoms in total. The second kappa shape index (κ2) is 23.9. The van der Waals surface area contributed by atoms with E-state index in [-0.39, 0.29) is 58.2 Å². The molecule has 4 heterocycles. The van der Waals surface area contributed by atoms with E-state index < -0.39 is 47.4 Å². The van der Waals surface area contributed by atoms with Crippen LogP contribution in [0.4, 0.5) is 11.4 Å². The number of cyclic esters (lactones) is 1.